The molecule has 1 aliphatic heterocycles. The van der Waals surface area contributed by atoms with Gasteiger partial charge in [0.1, 0.15) is 0 Å². The number of hydrogen-bond acceptors (Lipinski definition) is 0. The maximum Gasteiger partial charge on any atom is 0.176 e. The molecule has 4 aromatic carbocycles. The summed E-state index contributed by atoms with van der Waals surface area (Å²) in [5.74, 6) is 0. The maximum atomic E-state index is 2.43. The van der Waals surface area contributed by atoms with Crippen molar-refractivity contribution in [3.05, 3.63) is 91.0 Å². The lowest BCUT2D eigenvalue weighted by molar-refractivity contribution is 0.177. The topological polar surface area (TPSA) is 0 Å². The third-order valence-electron chi connectivity index (χ3n) is 8.00. The van der Waals surface area contributed by atoms with E-state index in [-0.39, 0.29) is 0 Å². The van der Waals surface area contributed by atoms with Crippen LogP contribution in [0.15, 0.2) is 91.0 Å². The Kier molecular flexibility index (Phi) is 4.81. The molecule has 0 aliphatic carbocycles. The van der Waals surface area contributed by atoms with E-state index in [1.54, 1.807) is 0 Å². The molecule has 5 rings (SSSR count). The van der Waals surface area contributed by atoms with Gasteiger partial charge in [0.25, 0.3) is 0 Å². The van der Waals surface area contributed by atoms with Crippen molar-refractivity contribution in [1.29, 1.82) is 0 Å². The van der Waals surface area contributed by atoms with Crippen LogP contribution in [0.5, 0.6) is 0 Å². The second kappa shape index (κ2) is 7.41. The van der Waals surface area contributed by atoms with Gasteiger partial charge in [0, 0.05) is 0 Å². The van der Waals surface area contributed by atoms with E-state index < -0.39 is 0 Å². The summed E-state index contributed by atoms with van der Waals surface area (Å²) in [6, 6.07) is 33.6. The predicted molar refractivity (Wildman–Crippen MR) is 137 cm³/mol. The van der Waals surface area contributed by atoms with Crippen molar-refractivity contribution in [3.63, 3.8) is 0 Å². The first-order valence-electron chi connectivity index (χ1n) is 11.5. The minimum absolute atomic E-state index is 0.384. The Morgan fingerprint density at radius 1 is 0.516 bits per heavy atom. The lowest BCUT2D eigenvalue weighted by Gasteiger charge is -2.35. The summed E-state index contributed by atoms with van der Waals surface area (Å²) in [6.07, 6.45) is 2.54. The molecule has 0 atom stereocenters. The Bertz CT molecular complexity index is 1210. The molecule has 0 N–H and O–H groups in total. The molecule has 1 heteroatoms. The molecule has 0 spiro atoms. The van der Waals surface area contributed by atoms with E-state index in [0.29, 0.717) is 17.5 Å². The fraction of sp³-hybridized carbons (Fsp3) is 0.267. The molecule has 1 heterocycles. The standard InChI is InChI=1S/C30H31B/c1-29(2)20-31(21-30(29,3)4)28-11-7-10-26(19-28)23-12-14-24(15-13-23)27-17-16-22-8-5-6-9-25(22)18-27/h5-19H,20-21H2,1-4H3. The molecule has 0 bridgehead atoms. The maximum absolute atomic E-state index is 2.43. The van der Waals surface area contributed by atoms with Crippen LogP contribution in [-0.2, 0) is 0 Å². The minimum Gasteiger partial charge on any atom is -0.0794 e. The van der Waals surface area contributed by atoms with E-state index >= 15 is 0 Å². The molecular formula is C30H31B. The summed E-state index contributed by atoms with van der Waals surface area (Å²) < 4.78 is 0. The first-order chi connectivity index (χ1) is 14.8. The smallest absolute Gasteiger partial charge is 0.0794 e. The molecule has 154 valence electrons. The van der Waals surface area contributed by atoms with E-state index in [1.165, 1.54) is 51.1 Å². The lowest BCUT2D eigenvalue weighted by Crippen LogP contribution is -2.27. The molecular weight excluding hydrogens is 371 g/mol. The summed E-state index contributed by atoms with van der Waals surface area (Å²) in [5, 5.41) is 2.58. The fourth-order valence-corrected chi connectivity index (χ4v) is 5.29. The van der Waals surface area contributed by atoms with Gasteiger partial charge in [0.2, 0.25) is 0 Å². The van der Waals surface area contributed by atoms with Crippen LogP contribution in [0.4, 0.5) is 0 Å². The number of fused-ring (bicyclic) bond motifs is 1. The van der Waals surface area contributed by atoms with Crippen molar-refractivity contribution < 1.29 is 0 Å². The highest BCUT2D eigenvalue weighted by atomic mass is 14.4. The van der Waals surface area contributed by atoms with Crippen LogP contribution in [0.2, 0.25) is 12.6 Å². The molecule has 0 unspecified atom stereocenters. The average molecular weight is 402 g/mol. The highest BCUT2D eigenvalue weighted by Crippen LogP contribution is 2.52. The van der Waals surface area contributed by atoms with Gasteiger partial charge in [-0.1, -0.05) is 131 Å². The van der Waals surface area contributed by atoms with E-state index in [4.69, 9.17) is 0 Å². The Morgan fingerprint density at radius 3 is 1.71 bits per heavy atom. The summed E-state index contributed by atoms with van der Waals surface area (Å²) in [7, 11) is 0. The highest BCUT2D eigenvalue weighted by molar-refractivity contribution is 6.74. The Labute approximate surface area is 187 Å². The van der Waals surface area contributed by atoms with Crippen molar-refractivity contribution >= 4 is 22.9 Å². The normalized spacial score (nSPS) is 17.2. The Hall–Kier alpha value is -2.80. The fourth-order valence-electron chi connectivity index (χ4n) is 5.29. The largest absolute Gasteiger partial charge is 0.176 e. The van der Waals surface area contributed by atoms with Crippen LogP contribution in [0.25, 0.3) is 33.0 Å². The third-order valence-corrected chi connectivity index (χ3v) is 8.00. The van der Waals surface area contributed by atoms with Gasteiger partial charge < -0.3 is 0 Å². The molecule has 1 saturated heterocycles. The van der Waals surface area contributed by atoms with Gasteiger partial charge in [-0.15, -0.1) is 0 Å². The summed E-state index contributed by atoms with van der Waals surface area (Å²) in [5.41, 5.74) is 7.42. The zero-order chi connectivity index (χ0) is 21.6. The van der Waals surface area contributed by atoms with Crippen molar-refractivity contribution in [3.8, 4) is 22.3 Å². The zero-order valence-corrected chi connectivity index (χ0v) is 19.2. The summed E-state index contributed by atoms with van der Waals surface area (Å²) in [4.78, 5) is 0. The van der Waals surface area contributed by atoms with Crippen molar-refractivity contribution in [2.24, 2.45) is 10.8 Å². The zero-order valence-electron chi connectivity index (χ0n) is 19.2. The molecule has 0 aromatic heterocycles. The van der Waals surface area contributed by atoms with Gasteiger partial charge in [-0.05, 0) is 49.9 Å². The minimum atomic E-state index is 0.384. The average Bonchev–Trinajstić information content (AvgIpc) is 3.00. The Morgan fingerprint density at radius 2 is 1.06 bits per heavy atom. The molecule has 0 saturated carbocycles. The first-order valence-corrected chi connectivity index (χ1v) is 11.5. The lowest BCUT2D eigenvalue weighted by atomic mass is 9.42. The van der Waals surface area contributed by atoms with Gasteiger partial charge in [-0.3, -0.25) is 0 Å². The monoisotopic (exact) mass is 402 g/mol. The predicted octanol–water partition coefficient (Wildman–Crippen LogP) is 7.94. The van der Waals surface area contributed by atoms with E-state index in [0.717, 1.165) is 0 Å². The van der Waals surface area contributed by atoms with Crippen LogP contribution >= 0.6 is 0 Å². The number of hydrogen-bond donors (Lipinski definition) is 0. The van der Waals surface area contributed by atoms with Crippen molar-refractivity contribution in [1.82, 2.24) is 0 Å². The van der Waals surface area contributed by atoms with E-state index in [1.807, 2.05) is 0 Å². The van der Waals surface area contributed by atoms with Crippen LogP contribution in [0.3, 0.4) is 0 Å². The molecule has 1 aliphatic rings. The number of benzene rings is 4. The van der Waals surface area contributed by atoms with E-state index in [9.17, 15) is 0 Å². The van der Waals surface area contributed by atoms with Crippen LogP contribution in [-0.4, -0.2) is 6.71 Å². The number of rotatable bonds is 3. The molecule has 31 heavy (non-hydrogen) atoms. The quantitative estimate of drug-likeness (QED) is 0.305. The molecule has 0 nitrogen and oxygen atoms in total. The van der Waals surface area contributed by atoms with Crippen LogP contribution in [0.1, 0.15) is 27.7 Å². The molecule has 0 amide bonds. The highest BCUT2D eigenvalue weighted by Gasteiger charge is 2.47. The van der Waals surface area contributed by atoms with Crippen molar-refractivity contribution in [2.45, 2.75) is 40.3 Å². The summed E-state index contributed by atoms with van der Waals surface area (Å²) >= 11 is 0. The van der Waals surface area contributed by atoms with E-state index in [2.05, 4.69) is 119 Å². The van der Waals surface area contributed by atoms with Gasteiger partial charge in [0.15, 0.2) is 6.71 Å². The molecule has 0 radical (unpaired) electrons. The second-order valence-electron chi connectivity index (χ2n) is 10.6. The SMILES string of the molecule is CC1(C)CB(c2cccc(-c3ccc(-c4ccc5ccccc5c4)cc3)c2)CC1(C)C. The van der Waals surface area contributed by atoms with Crippen molar-refractivity contribution in [2.75, 3.05) is 0 Å². The third kappa shape index (κ3) is 3.72. The summed E-state index contributed by atoms with van der Waals surface area (Å²) in [6.45, 7) is 10.4. The van der Waals surface area contributed by atoms with Crippen LogP contribution < -0.4 is 5.46 Å². The van der Waals surface area contributed by atoms with Gasteiger partial charge in [0.05, 0.1) is 0 Å². The van der Waals surface area contributed by atoms with Gasteiger partial charge in [-0.25, -0.2) is 0 Å². The first kappa shape index (κ1) is 20.1. The van der Waals surface area contributed by atoms with Gasteiger partial charge in [-0.2, -0.15) is 0 Å². The Balaban J connectivity index is 1.42. The molecule has 1 fully saturated rings. The van der Waals surface area contributed by atoms with Crippen LogP contribution in [0, 0.1) is 10.8 Å². The molecule has 4 aromatic rings. The second-order valence-corrected chi connectivity index (χ2v) is 10.6. The van der Waals surface area contributed by atoms with Gasteiger partial charge >= 0.3 is 0 Å².